The highest BCUT2D eigenvalue weighted by molar-refractivity contribution is 6.06. The molecule has 0 saturated carbocycles. The van der Waals surface area contributed by atoms with Gasteiger partial charge in [-0.15, -0.1) is 0 Å². The lowest BCUT2D eigenvalue weighted by Gasteiger charge is -2.12. The number of nitrogens with one attached hydrogen (secondary N) is 1. The van der Waals surface area contributed by atoms with Crippen LogP contribution in [-0.4, -0.2) is 22.9 Å². The van der Waals surface area contributed by atoms with Crippen molar-refractivity contribution in [2.75, 3.05) is 0 Å². The van der Waals surface area contributed by atoms with Crippen LogP contribution in [0.15, 0.2) is 85.1 Å². The van der Waals surface area contributed by atoms with Crippen LogP contribution in [0.4, 0.5) is 0 Å². The molecule has 2 N–H and O–H groups in total. The van der Waals surface area contributed by atoms with Crippen LogP contribution in [0.3, 0.4) is 0 Å². The van der Waals surface area contributed by atoms with Gasteiger partial charge in [-0.05, 0) is 22.4 Å². The minimum Gasteiger partial charge on any atom is -0.480 e. The highest BCUT2D eigenvalue weighted by atomic mass is 16.4. The molecule has 130 valence electrons. The van der Waals surface area contributed by atoms with Crippen molar-refractivity contribution in [2.24, 2.45) is 0 Å². The smallest absolute Gasteiger partial charge is 0.326 e. The Morgan fingerprint density at radius 1 is 0.923 bits per heavy atom. The average Bonchev–Trinajstić information content (AvgIpc) is 2.67. The summed E-state index contributed by atoms with van der Waals surface area (Å²) < 4.78 is 0. The number of rotatable bonds is 7. The molecule has 3 aromatic rings. The van der Waals surface area contributed by atoms with Crippen molar-refractivity contribution < 1.29 is 14.7 Å². The van der Waals surface area contributed by atoms with E-state index in [9.17, 15) is 14.7 Å². The van der Waals surface area contributed by atoms with Gasteiger partial charge >= 0.3 is 5.97 Å². The molecule has 4 nitrogen and oxygen atoms in total. The van der Waals surface area contributed by atoms with Crippen molar-refractivity contribution >= 4 is 22.5 Å². The summed E-state index contributed by atoms with van der Waals surface area (Å²) in [5, 5.41) is 14.2. The third-order valence-electron chi connectivity index (χ3n) is 4.15. The standard InChI is InChI=1S/C22H19NO3/c24-21(19-11-10-17-8-4-5-9-18(17)15-19)12-13-23-20(22(25)26)14-16-6-2-1-3-7-16/h1-13,15,20,23H,14H2,(H,25,26)/b13-12-/t20-/m1/s1. The predicted octanol–water partition coefficient (Wildman–Crippen LogP) is 3.82. The van der Waals surface area contributed by atoms with E-state index in [4.69, 9.17) is 0 Å². The van der Waals surface area contributed by atoms with Gasteiger partial charge in [0.1, 0.15) is 6.04 Å². The number of carbonyl (C=O) groups is 2. The van der Waals surface area contributed by atoms with Crippen LogP contribution in [-0.2, 0) is 11.2 Å². The minimum atomic E-state index is -0.961. The SMILES string of the molecule is O=C(/C=C\N[C@H](Cc1ccccc1)C(=O)O)c1ccc2ccccc2c1. The van der Waals surface area contributed by atoms with Crippen molar-refractivity contribution in [3.63, 3.8) is 0 Å². The summed E-state index contributed by atoms with van der Waals surface area (Å²) in [6.07, 6.45) is 3.12. The van der Waals surface area contributed by atoms with Crippen LogP contribution < -0.4 is 5.32 Å². The van der Waals surface area contributed by atoms with E-state index >= 15 is 0 Å². The summed E-state index contributed by atoms with van der Waals surface area (Å²) in [4.78, 5) is 23.7. The number of hydrogen-bond donors (Lipinski definition) is 2. The summed E-state index contributed by atoms with van der Waals surface area (Å²) in [6.45, 7) is 0. The number of carbonyl (C=O) groups excluding carboxylic acids is 1. The van der Waals surface area contributed by atoms with E-state index in [1.54, 1.807) is 6.07 Å². The first kappa shape index (κ1) is 17.4. The molecular weight excluding hydrogens is 326 g/mol. The van der Waals surface area contributed by atoms with Crippen molar-refractivity contribution in [1.29, 1.82) is 0 Å². The van der Waals surface area contributed by atoms with Crippen LogP contribution in [0.1, 0.15) is 15.9 Å². The largest absolute Gasteiger partial charge is 0.480 e. The first-order chi connectivity index (χ1) is 12.6. The Bertz CT molecular complexity index is 948. The number of fused-ring (bicyclic) bond motifs is 1. The fourth-order valence-corrected chi connectivity index (χ4v) is 2.75. The molecule has 26 heavy (non-hydrogen) atoms. The highest BCUT2D eigenvalue weighted by Gasteiger charge is 2.16. The molecule has 0 aliphatic carbocycles. The normalized spacial score (nSPS) is 12.2. The monoisotopic (exact) mass is 345 g/mol. The molecule has 0 aliphatic heterocycles. The van der Waals surface area contributed by atoms with E-state index in [0.717, 1.165) is 16.3 Å². The van der Waals surface area contributed by atoms with Gasteiger partial charge in [0.25, 0.3) is 0 Å². The van der Waals surface area contributed by atoms with Crippen LogP contribution in [0.5, 0.6) is 0 Å². The minimum absolute atomic E-state index is 0.174. The van der Waals surface area contributed by atoms with Crippen molar-refractivity contribution in [1.82, 2.24) is 5.32 Å². The Morgan fingerprint density at radius 3 is 2.35 bits per heavy atom. The first-order valence-corrected chi connectivity index (χ1v) is 8.36. The maximum atomic E-state index is 12.3. The van der Waals surface area contributed by atoms with E-state index in [1.165, 1.54) is 12.3 Å². The topological polar surface area (TPSA) is 66.4 Å². The van der Waals surface area contributed by atoms with Gasteiger partial charge in [0.15, 0.2) is 5.78 Å². The molecule has 0 radical (unpaired) electrons. The van der Waals surface area contributed by atoms with E-state index in [2.05, 4.69) is 5.32 Å². The van der Waals surface area contributed by atoms with Gasteiger partial charge in [0.05, 0.1) is 0 Å². The van der Waals surface area contributed by atoms with Crippen LogP contribution in [0, 0.1) is 0 Å². The molecule has 0 fully saturated rings. The second kappa shape index (κ2) is 8.12. The number of aliphatic carboxylic acids is 1. The fraction of sp³-hybridized carbons (Fsp3) is 0.0909. The summed E-state index contributed by atoms with van der Waals surface area (Å²) >= 11 is 0. The zero-order valence-electron chi connectivity index (χ0n) is 14.1. The number of ketones is 1. The number of allylic oxidation sites excluding steroid dienone is 1. The van der Waals surface area contributed by atoms with Crippen LogP contribution in [0.25, 0.3) is 10.8 Å². The maximum absolute atomic E-state index is 12.3. The average molecular weight is 345 g/mol. The van der Waals surface area contributed by atoms with Gasteiger partial charge in [-0.25, -0.2) is 4.79 Å². The second-order valence-corrected chi connectivity index (χ2v) is 6.01. The van der Waals surface area contributed by atoms with E-state index in [-0.39, 0.29) is 5.78 Å². The van der Waals surface area contributed by atoms with E-state index < -0.39 is 12.0 Å². The molecule has 0 heterocycles. The molecule has 0 bridgehead atoms. The van der Waals surface area contributed by atoms with Gasteiger partial charge in [0.2, 0.25) is 0 Å². The van der Waals surface area contributed by atoms with Crippen molar-refractivity contribution in [3.8, 4) is 0 Å². The third kappa shape index (κ3) is 4.36. The Balaban J connectivity index is 1.66. The van der Waals surface area contributed by atoms with Crippen molar-refractivity contribution in [3.05, 3.63) is 96.2 Å². The van der Waals surface area contributed by atoms with Gasteiger partial charge in [-0.1, -0.05) is 66.7 Å². The lowest BCUT2D eigenvalue weighted by molar-refractivity contribution is -0.139. The summed E-state index contributed by atoms with van der Waals surface area (Å²) in [5.41, 5.74) is 1.48. The molecule has 0 aliphatic rings. The molecule has 0 amide bonds. The summed E-state index contributed by atoms with van der Waals surface area (Å²) in [7, 11) is 0. The lowest BCUT2D eigenvalue weighted by Crippen LogP contribution is -2.35. The Kier molecular flexibility index (Phi) is 5.44. The predicted molar refractivity (Wildman–Crippen MR) is 102 cm³/mol. The quantitative estimate of drug-likeness (QED) is 0.505. The van der Waals surface area contributed by atoms with Crippen LogP contribution >= 0.6 is 0 Å². The Labute approximate surface area is 151 Å². The molecule has 0 spiro atoms. The molecule has 3 aromatic carbocycles. The first-order valence-electron chi connectivity index (χ1n) is 8.36. The number of benzene rings is 3. The van der Waals surface area contributed by atoms with Gasteiger partial charge in [-0.3, -0.25) is 4.79 Å². The fourth-order valence-electron chi connectivity index (χ4n) is 2.75. The molecular formula is C22H19NO3. The summed E-state index contributed by atoms with van der Waals surface area (Å²) in [5.74, 6) is -1.14. The molecule has 0 unspecified atom stereocenters. The zero-order valence-corrected chi connectivity index (χ0v) is 14.1. The van der Waals surface area contributed by atoms with Crippen molar-refractivity contribution in [2.45, 2.75) is 12.5 Å². The van der Waals surface area contributed by atoms with Gasteiger partial charge in [0, 0.05) is 24.3 Å². The van der Waals surface area contributed by atoms with Crippen LogP contribution in [0.2, 0.25) is 0 Å². The lowest BCUT2D eigenvalue weighted by atomic mass is 10.0. The number of carboxylic acids is 1. The molecule has 4 heteroatoms. The Hall–Kier alpha value is -3.40. The molecule has 3 rings (SSSR count). The Morgan fingerprint density at radius 2 is 1.62 bits per heavy atom. The zero-order chi connectivity index (χ0) is 18.4. The summed E-state index contributed by atoms with van der Waals surface area (Å²) in [6, 6.07) is 21.9. The number of carboxylic acid groups (broad SMARTS) is 1. The van der Waals surface area contributed by atoms with Gasteiger partial charge in [-0.2, -0.15) is 0 Å². The second-order valence-electron chi connectivity index (χ2n) is 6.01. The number of hydrogen-bond acceptors (Lipinski definition) is 3. The maximum Gasteiger partial charge on any atom is 0.326 e. The molecule has 0 aromatic heterocycles. The van der Waals surface area contributed by atoms with Gasteiger partial charge < -0.3 is 10.4 Å². The highest BCUT2D eigenvalue weighted by Crippen LogP contribution is 2.16. The van der Waals surface area contributed by atoms with E-state index in [1.807, 2.05) is 66.7 Å². The molecule has 1 atom stereocenters. The van der Waals surface area contributed by atoms with E-state index in [0.29, 0.717) is 12.0 Å². The third-order valence-corrected chi connectivity index (χ3v) is 4.15. The molecule has 0 saturated heterocycles.